The van der Waals surface area contributed by atoms with Gasteiger partial charge in [0.2, 0.25) is 0 Å². The average Bonchev–Trinajstić information content (AvgIpc) is 1.69. The van der Waals surface area contributed by atoms with Gasteiger partial charge in [-0.25, -0.2) is 0 Å². The summed E-state index contributed by atoms with van der Waals surface area (Å²) in [6.45, 7) is 3.68. The lowest BCUT2D eigenvalue weighted by molar-refractivity contribution is 0.389. The van der Waals surface area contributed by atoms with Crippen LogP contribution in [0.4, 0.5) is 0 Å². The number of allylic oxidation sites excluding steroid dienone is 2. The minimum absolute atomic E-state index is 0.931. The van der Waals surface area contributed by atoms with Crippen molar-refractivity contribution in [2.24, 2.45) is 0 Å². The lowest BCUT2D eigenvalue weighted by Crippen LogP contribution is -1.80. The number of rotatable bonds is 0. The highest BCUT2D eigenvalue weighted by Crippen LogP contribution is 2.05. The van der Waals surface area contributed by atoms with Crippen molar-refractivity contribution in [3.05, 3.63) is 31.1 Å². The van der Waals surface area contributed by atoms with Gasteiger partial charge in [-0.3, -0.25) is 0 Å². The van der Waals surface area contributed by atoms with Crippen LogP contribution in [0.15, 0.2) is 24.2 Å². The molecule has 1 rings (SSSR count). The highest BCUT2D eigenvalue weighted by atomic mass is 16.5. The van der Waals surface area contributed by atoms with Crippen LogP contribution in [0, 0.1) is 6.92 Å². The van der Waals surface area contributed by atoms with Crippen LogP contribution in [-0.4, -0.2) is 0 Å². The maximum atomic E-state index is 4.78. The lowest BCUT2D eigenvalue weighted by Gasteiger charge is -1.99. The molecule has 0 N–H and O–H groups in total. The van der Waals surface area contributed by atoms with Gasteiger partial charge in [0.05, 0.1) is 12.5 Å². The molecule has 1 heterocycles. The molecule has 0 aromatic rings. The first-order chi connectivity index (χ1) is 3.39. The Bertz CT molecular complexity index is 111. The first kappa shape index (κ1) is 4.44. The van der Waals surface area contributed by atoms with Gasteiger partial charge in [-0.05, 0) is 25.0 Å². The normalized spacial score (nSPS) is 18.1. The van der Waals surface area contributed by atoms with Crippen molar-refractivity contribution in [1.82, 2.24) is 0 Å². The van der Waals surface area contributed by atoms with Crippen LogP contribution in [0.2, 0.25) is 0 Å². The van der Waals surface area contributed by atoms with Gasteiger partial charge in [-0.1, -0.05) is 0 Å². The summed E-state index contributed by atoms with van der Waals surface area (Å²) in [5.74, 6) is 0. The molecule has 0 atom stereocenters. The molecule has 1 aliphatic heterocycles. The third-order valence-electron chi connectivity index (χ3n) is 0.790. The van der Waals surface area contributed by atoms with E-state index in [1.807, 2.05) is 6.08 Å². The van der Waals surface area contributed by atoms with E-state index in [1.54, 1.807) is 12.5 Å². The first-order valence-corrected chi connectivity index (χ1v) is 2.21. The molecule has 0 spiro atoms. The van der Waals surface area contributed by atoms with Crippen molar-refractivity contribution in [3.8, 4) is 0 Å². The number of ether oxygens (including phenoxy) is 1. The summed E-state index contributed by atoms with van der Waals surface area (Å²) in [5, 5.41) is 0. The van der Waals surface area contributed by atoms with Crippen molar-refractivity contribution in [2.75, 3.05) is 0 Å². The Morgan fingerprint density at radius 3 is 2.86 bits per heavy atom. The third-order valence-corrected chi connectivity index (χ3v) is 0.790. The van der Waals surface area contributed by atoms with Crippen LogP contribution < -0.4 is 0 Å². The first-order valence-electron chi connectivity index (χ1n) is 2.21. The van der Waals surface area contributed by atoms with E-state index in [9.17, 15) is 0 Å². The van der Waals surface area contributed by atoms with Crippen molar-refractivity contribution < 1.29 is 4.74 Å². The summed E-state index contributed by atoms with van der Waals surface area (Å²) in [4.78, 5) is 0. The van der Waals surface area contributed by atoms with Crippen LogP contribution in [0.5, 0.6) is 0 Å². The zero-order chi connectivity index (χ0) is 5.11. The van der Waals surface area contributed by atoms with Crippen LogP contribution in [0.25, 0.3) is 0 Å². The molecule has 1 nitrogen and oxygen atoms in total. The summed E-state index contributed by atoms with van der Waals surface area (Å²) in [6.07, 6.45) is 6.18. The van der Waals surface area contributed by atoms with E-state index in [0.29, 0.717) is 0 Å². The van der Waals surface area contributed by atoms with E-state index in [2.05, 4.69) is 6.92 Å². The van der Waals surface area contributed by atoms with Gasteiger partial charge in [0.15, 0.2) is 0 Å². The molecular weight excluding hydrogens is 88.1 g/mol. The molecule has 1 radical (unpaired) electrons. The van der Waals surface area contributed by atoms with Crippen LogP contribution in [0.3, 0.4) is 0 Å². The zero-order valence-electron chi connectivity index (χ0n) is 4.05. The maximum Gasteiger partial charge on any atom is 0.0896 e. The van der Waals surface area contributed by atoms with Crippen molar-refractivity contribution in [3.63, 3.8) is 0 Å². The largest absolute Gasteiger partial charge is 0.473 e. The Balaban J connectivity index is 2.50. The van der Waals surface area contributed by atoms with Gasteiger partial charge in [-0.2, -0.15) is 0 Å². The summed E-state index contributed by atoms with van der Waals surface area (Å²) >= 11 is 0. The van der Waals surface area contributed by atoms with Gasteiger partial charge < -0.3 is 4.74 Å². The van der Waals surface area contributed by atoms with E-state index in [-0.39, 0.29) is 0 Å². The van der Waals surface area contributed by atoms with Crippen molar-refractivity contribution in [2.45, 2.75) is 6.42 Å². The second-order valence-electron chi connectivity index (χ2n) is 1.49. The summed E-state index contributed by atoms with van der Waals surface area (Å²) in [5.41, 5.74) is 1.03. The molecule has 0 unspecified atom stereocenters. The van der Waals surface area contributed by atoms with Gasteiger partial charge in [0, 0.05) is 0 Å². The van der Waals surface area contributed by atoms with E-state index in [4.69, 9.17) is 4.74 Å². The van der Waals surface area contributed by atoms with Crippen molar-refractivity contribution >= 4 is 0 Å². The lowest BCUT2D eigenvalue weighted by atomic mass is 10.2. The summed E-state index contributed by atoms with van der Waals surface area (Å²) < 4.78 is 4.78. The Morgan fingerprint density at radius 1 is 1.71 bits per heavy atom. The predicted octanol–water partition coefficient (Wildman–Crippen LogP) is 1.64. The van der Waals surface area contributed by atoms with E-state index >= 15 is 0 Å². The van der Waals surface area contributed by atoms with Gasteiger partial charge in [0.1, 0.15) is 0 Å². The molecule has 0 aromatic heterocycles. The Kier molecular flexibility index (Phi) is 1.16. The standard InChI is InChI=1S/C6H7O/c1-6-3-2-4-7-5-6/h2,4-5H,1,3H2. The maximum absolute atomic E-state index is 4.78. The molecule has 37 valence electrons. The minimum atomic E-state index is 0.931. The number of hydrogen-bond acceptors (Lipinski definition) is 1. The van der Waals surface area contributed by atoms with E-state index < -0.39 is 0 Å². The minimum Gasteiger partial charge on any atom is -0.473 e. The average molecular weight is 95.1 g/mol. The SMILES string of the molecule is [CH2]C1=COC=CC1. The summed E-state index contributed by atoms with van der Waals surface area (Å²) in [6, 6.07) is 0. The third kappa shape index (κ3) is 1.07. The Hall–Kier alpha value is -0.720. The van der Waals surface area contributed by atoms with Crippen LogP contribution in [0.1, 0.15) is 6.42 Å². The molecule has 0 fully saturated rings. The van der Waals surface area contributed by atoms with E-state index in [1.165, 1.54) is 0 Å². The topological polar surface area (TPSA) is 9.23 Å². The smallest absolute Gasteiger partial charge is 0.0896 e. The second-order valence-corrected chi connectivity index (χ2v) is 1.49. The summed E-state index contributed by atoms with van der Waals surface area (Å²) in [7, 11) is 0. The van der Waals surface area contributed by atoms with Crippen LogP contribution >= 0.6 is 0 Å². The highest BCUT2D eigenvalue weighted by molar-refractivity contribution is 5.10. The molecule has 0 aromatic carbocycles. The molecule has 0 saturated carbocycles. The van der Waals surface area contributed by atoms with Crippen LogP contribution in [-0.2, 0) is 4.74 Å². The fourth-order valence-corrected chi connectivity index (χ4v) is 0.439. The van der Waals surface area contributed by atoms with Gasteiger partial charge >= 0.3 is 0 Å². The second kappa shape index (κ2) is 1.82. The predicted molar refractivity (Wildman–Crippen MR) is 28.3 cm³/mol. The zero-order valence-corrected chi connectivity index (χ0v) is 4.05. The van der Waals surface area contributed by atoms with Gasteiger partial charge in [-0.15, -0.1) is 0 Å². The molecule has 0 amide bonds. The molecule has 0 aliphatic carbocycles. The quantitative estimate of drug-likeness (QED) is 0.444. The molecule has 0 saturated heterocycles. The van der Waals surface area contributed by atoms with Crippen molar-refractivity contribution in [1.29, 1.82) is 0 Å². The van der Waals surface area contributed by atoms with Gasteiger partial charge in [0.25, 0.3) is 0 Å². The molecule has 0 bridgehead atoms. The molecular formula is C6H7O. The fourth-order valence-electron chi connectivity index (χ4n) is 0.439. The molecule has 1 aliphatic rings. The fraction of sp³-hybridized carbons (Fsp3) is 0.167. The Morgan fingerprint density at radius 2 is 2.57 bits per heavy atom. The molecule has 1 heteroatoms. The van der Waals surface area contributed by atoms with E-state index in [0.717, 1.165) is 12.0 Å². The Labute approximate surface area is 43.3 Å². The molecule has 7 heavy (non-hydrogen) atoms. The monoisotopic (exact) mass is 95.0 g/mol. The number of hydrogen-bond donors (Lipinski definition) is 0. The highest BCUT2D eigenvalue weighted by Gasteiger charge is 1.88.